The maximum atomic E-state index is 6.27. The topological polar surface area (TPSA) is 53.1 Å². The van der Waals surface area contributed by atoms with E-state index in [0.29, 0.717) is 6.42 Å². The van der Waals surface area contributed by atoms with Crippen LogP contribution < -0.4 is 5.73 Å². The summed E-state index contributed by atoms with van der Waals surface area (Å²) < 4.78 is 7.58. The molecule has 1 saturated heterocycles. The lowest BCUT2D eigenvalue weighted by atomic mass is 9.90. The summed E-state index contributed by atoms with van der Waals surface area (Å²) in [4.78, 5) is 0. The van der Waals surface area contributed by atoms with Crippen molar-refractivity contribution in [2.45, 2.75) is 44.8 Å². The zero-order valence-corrected chi connectivity index (χ0v) is 11.4. The molecule has 1 fully saturated rings. The highest BCUT2D eigenvalue weighted by Gasteiger charge is 2.37. The van der Waals surface area contributed by atoms with E-state index in [2.05, 4.69) is 12.0 Å². The molecule has 96 valence electrons. The first-order valence-electron chi connectivity index (χ1n) is 6.01. The maximum Gasteiger partial charge on any atom is 0.0847 e. The van der Waals surface area contributed by atoms with Crippen molar-refractivity contribution in [3.05, 3.63) is 16.4 Å². The van der Waals surface area contributed by atoms with Crippen LogP contribution in [0.3, 0.4) is 0 Å². The van der Waals surface area contributed by atoms with Gasteiger partial charge in [-0.25, -0.2) is 0 Å². The summed E-state index contributed by atoms with van der Waals surface area (Å²) in [5.41, 5.74) is 7.90. The quantitative estimate of drug-likeness (QED) is 0.899. The van der Waals surface area contributed by atoms with Gasteiger partial charge in [0.15, 0.2) is 0 Å². The molecule has 17 heavy (non-hydrogen) atoms. The van der Waals surface area contributed by atoms with Crippen molar-refractivity contribution in [1.82, 2.24) is 9.78 Å². The zero-order valence-electron chi connectivity index (χ0n) is 10.7. The molecule has 0 aliphatic carbocycles. The standard InChI is InChI=1S/C12H20ClN3O/c1-8-11(13)9(16(3)15-8)7-10(14)12(2)5-4-6-17-12/h10H,4-7,14H2,1-3H3. The maximum absolute atomic E-state index is 6.27. The highest BCUT2D eigenvalue weighted by atomic mass is 35.5. The van der Waals surface area contributed by atoms with E-state index in [4.69, 9.17) is 22.1 Å². The van der Waals surface area contributed by atoms with Gasteiger partial charge in [0, 0.05) is 26.1 Å². The third-order valence-electron chi connectivity index (χ3n) is 3.71. The molecule has 1 aromatic rings. The first kappa shape index (κ1) is 12.9. The lowest BCUT2D eigenvalue weighted by molar-refractivity contribution is -0.00129. The fraction of sp³-hybridized carbons (Fsp3) is 0.750. The third kappa shape index (κ3) is 2.34. The van der Waals surface area contributed by atoms with Crippen LogP contribution in [0.2, 0.25) is 5.02 Å². The Morgan fingerprint density at radius 2 is 2.35 bits per heavy atom. The average Bonchev–Trinajstić information content (AvgIpc) is 2.80. The van der Waals surface area contributed by atoms with E-state index in [1.807, 2.05) is 18.7 Å². The number of aromatic nitrogens is 2. The molecule has 2 rings (SSSR count). The van der Waals surface area contributed by atoms with Crippen LogP contribution in [0.15, 0.2) is 0 Å². The van der Waals surface area contributed by atoms with Gasteiger partial charge in [0.05, 0.1) is 22.0 Å². The van der Waals surface area contributed by atoms with Crippen LogP contribution in [0, 0.1) is 6.92 Å². The summed E-state index contributed by atoms with van der Waals surface area (Å²) >= 11 is 6.23. The molecule has 2 unspecified atom stereocenters. The number of hydrogen-bond donors (Lipinski definition) is 1. The van der Waals surface area contributed by atoms with Gasteiger partial charge < -0.3 is 10.5 Å². The molecule has 1 aliphatic rings. The Bertz CT molecular complexity index is 410. The van der Waals surface area contributed by atoms with E-state index in [1.165, 1.54) is 0 Å². The molecule has 0 amide bonds. The SMILES string of the molecule is Cc1nn(C)c(CC(N)C2(C)CCCO2)c1Cl. The zero-order chi connectivity index (χ0) is 12.6. The lowest BCUT2D eigenvalue weighted by Crippen LogP contribution is -2.46. The van der Waals surface area contributed by atoms with Gasteiger partial charge in [-0.15, -0.1) is 0 Å². The molecule has 2 N–H and O–H groups in total. The number of nitrogens with zero attached hydrogens (tertiary/aromatic N) is 2. The fourth-order valence-corrected chi connectivity index (χ4v) is 2.66. The van der Waals surface area contributed by atoms with Crippen molar-refractivity contribution in [3.8, 4) is 0 Å². The molecule has 2 heterocycles. The fourth-order valence-electron chi connectivity index (χ4n) is 2.42. The second-order valence-corrected chi connectivity index (χ2v) is 5.42. The van der Waals surface area contributed by atoms with Gasteiger partial charge in [0.2, 0.25) is 0 Å². The number of ether oxygens (including phenoxy) is 1. The smallest absolute Gasteiger partial charge is 0.0847 e. The Balaban J connectivity index is 2.15. The summed E-state index contributed by atoms with van der Waals surface area (Å²) in [6, 6.07) is -0.0442. The number of nitrogens with two attached hydrogens (primary N) is 1. The van der Waals surface area contributed by atoms with Crippen molar-refractivity contribution in [1.29, 1.82) is 0 Å². The predicted molar refractivity (Wildman–Crippen MR) is 68.2 cm³/mol. The van der Waals surface area contributed by atoms with E-state index in [-0.39, 0.29) is 11.6 Å². The van der Waals surface area contributed by atoms with Gasteiger partial charge in [0.1, 0.15) is 0 Å². The molecule has 1 aliphatic heterocycles. The number of rotatable bonds is 3. The van der Waals surface area contributed by atoms with Gasteiger partial charge in [-0.05, 0) is 26.7 Å². The van der Waals surface area contributed by atoms with Crippen LogP contribution in [0.25, 0.3) is 0 Å². The van der Waals surface area contributed by atoms with E-state index in [1.54, 1.807) is 0 Å². The van der Waals surface area contributed by atoms with Gasteiger partial charge in [-0.1, -0.05) is 11.6 Å². The second kappa shape index (κ2) is 4.59. The molecule has 1 aromatic heterocycles. The van der Waals surface area contributed by atoms with Crippen LogP contribution in [0.4, 0.5) is 0 Å². The number of halogens is 1. The Labute approximate surface area is 107 Å². The Kier molecular flexibility index (Phi) is 3.48. The third-order valence-corrected chi connectivity index (χ3v) is 4.20. The molecule has 5 heteroatoms. The highest BCUT2D eigenvalue weighted by Crippen LogP contribution is 2.30. The van der Waals surface area contributed by atoms with E-state index in [0.717, 1.165) is 35.9 Å². The summed E-state index contributed by atoms with van der Waals surface area (Å²) in [6.07, 6.45) is 2.80. The van der Waals surface area contributed by atoms with Crippen LogP contribution in [0.1, 0.15) is 31.2 Å². The van der Waals surface area contributed by atoms with Gasteiger partial charge in [-0.3, -0.25) is 4.68 Å². The van der Waals surface area contributed by atoms with Crippen LogP contribution >= 0.6 is 11.6 Å². The van der Waals surface area contributed by atoms with Crippen molar-refractivity contribution >= 4 is 11.6 Å². The highest BCUT2D eigenvalue weighted by molar-refractivity contribution is 6.31. The normalized spacial score (nSPS) is 26.4. The van der Waals surface area contributed by atoms with E-state index in [9.17, 15) is 0 Å². The molecular weight excluding hydrogens is 238 g/mol. The summed E-state index contributed by atoms with van der Waals surface area (Å²) in [5, 5.41) is 5.03. The number of hydrogen-bond acceptors (Lipinski definition) is 3. The summed E-state index contributed by atoms with van der Waals surface area (Å²) in [6.45, 7) is 4.80. The lowest BCUT2D eigenvalue weighted by Gasteiger charge is -2.30. The monoisotopic (exact) mass is 257 g/mol. The Morgan fingerprint density at radius 3 is 2.82 bits per heavy atom. The summed E-state index contributed by atoms with van der Waals surface area (Å²) in [7, 11) is 1.90. The first-order valence-corrected chi connectivity index (χ1v) is 6.39. The van der Waals surface area contributed by atoms with Crippen LogP contribution in [-0.2, 0) is 18.2 Å². The first-order chi connectivity index (χ1) is 7.94. The van der Waals surface area contributed by atoms with Gasteiger partial charge in [0.25, 0.3) is 0 Å². The Morgan fingerprint density at radius 1 is 1.65 bits per heavy atom. The van der Waals surface area contributed by atoms with Crippen LogP contribution in [-0.4, -0.2) is 28.0 Å². The number of aryl methyl sites for hydroxylation is 2. The molecular formula is C12H20ClN3O. The van der Waals surface area contributed by atoms with Crippen molar-refractivity contribution in [3.63, 3.8) is 0 Å². The largest absolute Gasteiger partial charge is 0.374 e. The van der Waals surface area contributed by atoms with Crippen LogP contribution in [0.5, 0.6) is 0 Å². The van der Waals surface area contributed by atoms with Gasteiger partial charge >= 0.3 is 0 Å². The summed E-state index contributed by atoms with van der Waals surface area (Å²) in [5.74, 6) is 0. The average molecular weight is 258 g/mol. The second-order valence-electron chi connectivity index (χ2n) is 5.04. The van der Waals surface area contributed by atoms with Crippen molar-refractivity contribution in [2.75, 3.05) is 6.61 Å². The van der Waals surface area contributed by atoms with Crippen molar-refractivity contribution < 1.29 is 4.74 Å². The Hall–Kier alpha value is -0.580. The van der Waals surface area contributed by atoms with Gasteiger partial charge in [-0.2, -0.15) is 5.10 Å². The van der Waals surface area contributed by atoms with Crippen molar-refractivity contribution in [2.24, 2.45) is 12.8 Å². The molecule has 0 aromatic carbocycles. The minimum atomic E-state index is -0.221. The molecule has 0 saturated carbocycles. The molecule has 0 bridgehead atoms. The predicted octanol–water partition coefficient (Wildman–Crippen LogP) is 1.82. The van der Waals surface area contributed by atoms with E-state index >= 15 is 0 Å². The van der Waals surface area contributed by atoms with E-state index < -0.39 is 0 Å². The molecule has 2 atom stereocenters. The molecule has 4 nitrogen and oxygen atoms in total. The molecule has 0 spiro atoms. The minimum Gasteiger partial charge on any atom is -0.374 e. The molecule has 0 radical (unpaired) electrons. The minimum absolute atomic E-state index is 0.0442.